The molecule has 0 aliphatic rings. The molecule has 2 aromatic heterocycles. The van der Waals surface area contributed by atoms with Crippen LogP contribution in [0.25, 0.3) is 22.1 Å². The summed E-state index contributed by atoms with van der Waals surface area (Å²) in [5, 5.41) is 9.81. The first kappa shape index (κ1) is 11.4. The van der Waals surface area contributed by atoms with E-state index in [0.717, 1.165) is 10.4 Å². The monoisotopic (exact) mass is 275 g/mol. The number of aromatic nitrogens is 3. The molecule has 0 radical (unpaired) electrons. The minimum absolute atomic E-state index is 0.693. The highest BCUT2D eigenvalue weighted by Crippen LogP contribution is 2.31. The van der Waals surface area contributed by atoms with Gasteiger partial charge in [-0.3, -0.25) is 5.10 Å². The van der Waals surface area contributed by atoms with Gasteiger partial charge in [0, 0.05) is 5.56 Å². The first-order chi connectivity index (χ1) is 8.74. The van der Waals surface area contributed by atoms with Gasteiger partial charge in [0.2, 0.25) is 0 Å². The lowest BCUT2D eigenvalue weighted by atomic mass is 10.1. The summed E-state index contributed by atoms with van der Waals surface area (Å²) in [7, 11) is 0. The normalized spacial score (nSPS) is 10.8. The van der Waals surface area contributed by atoms with Gasteiger partial charge in [0.1, 0.15) is 0 Å². The minimum atomic E-state index is 0.693. The molecule has 2 heterocycles. The fraction of sp³-hybridized carbons (Fsp3) is 0.0769. The molecule has 0 bridgehead atoms. The SMILES string of the molecule is Cc1cccc(-c2n[nH]c(-c3sccc3Cl)n2)c1. The summed E-state index contributed by atoms with van der Waals surface area (Å²) in [6, 6.07) is 9.96. The maximum absolute atomic E-state index is 6.08. The van der Waals surface area contributed by atoms with Crippen molar-refractivity contribution in [3.63, 3.8) is 0 Å². The van der Waals surface area contributed by atoms with E-state index < -0.39 is 0 Å². The summed E-state index contributed by atoms with van der Waals surface area (Å²) in [5.74, 6) is 1.41. The zero-order chi connectivity index (χ0) is 12.5. The first-order valence-electron chi connectivity index (χ1n) is 5.47. The Bertz CT molecular complexity index is 687. The van der Waals surface area contributed by atoms with Crippen LogP contribution in [0.5, 0.6) is 0 Å². The van der Waals surface area contributed by atoms with E-state index in [1.54, 1.807) is 11.3 Å². The second-order valence-corrected chi connectivity index (χ2v) is 5.30. The van der Waals surface area contributed by atoms with Gasteiger partial charge in [0.05, 0.1) is 9.90 Å². The van der Waals surface area contributed by atoms with Crippen LogP contribution >= 0.6 is 22.9 Å². The molecule has 0 spiro atoms. The molecule has 0 aliphatic heterocycles. The molecule has 0 aliphatic carbocycles. The van der Waals surface area contributed by atoms with Crippen LogP contribution in [0.1, 0.15) is 5.56 Å². The number of hydrogen-bond acceptors (Lipinski definition) is 3. The van der Waals surface area contributed by atoms with Crippen molar-refractivity contribution in [1.82, 2.24) is 15.2 Å². The van der Waals surface area contributed by atoms with Crippen molar-refractivity contribution in [3.05, 3.63) is 46.3 Å². The predicted molar refractivity (Wildman–Crippen MR) is 74.9 cm³/mol. The molecule has 1 aromatic carbocycles. The van der Waals surface area contributed by atoms with Crippen molar-refractivity contribution in [2.24, 2.45) is 0 Å². The van der Waals surface area contributed by atoms with Gasteiger partial charge < -0.3 is 0 Å². The first-order valence-corrected chi connectivity index (χ1v) is 6.72. The van der Waals surface area contributed by atoms with Crippen LogP contribution in [0.15, 0.2) is 35.7 Å². The van der Waals surface area contributed by atoms with E-state index in [1.807, 2.05) is 36.6 Å². The highest BCUT2D eigenvalue weighted by Gasteiger charge is 2.11. The molecule has 0 unspecified atom stereocenters. The molecule has 0 atom stereocenters. The van der Waals surface area contributed by atoms with Crippen molar-refractivity contribution in [3.8, 4) is 22.1 Å². The Hall–Kier alpha value is -1.65. The summed E-state index contributed by atoms with van der Waals surface area (Å²) in [4.78, 5) is 5.40. The van der Waals surface area contributed by atoms with Gasteiger partial charge in [0.25, 0.3) is 0 Å². The van der Waals surface area contributed by atoms with E-state index in [-0.39, 0.29) is 0 Å². The van der Waals surface area contributed by atoms with Gasteiger partial charge in [-0.15, -0.1) is 11.3 Å². The molecule has 0 saturated heterocycles. The van der Waals surface area contributed by atoms with Gasteiger partial charge in [-0.25, -0.2) is 4.98 Å². The van der Waals surface area contributed by atoms with Gasteiger partial charge in [0.15, 0.2) is 11.6 Å². The van der Waals surface area contributed by atoms with Crippen molar-refractivity contribution >= 4 is 22.9 Å². The molecule has 90 valence electrons. The quantitative estimate of drug-likeness (QED) is 0.763. The molecule has 0 saturated carbocycles. The molecule has 0 fully saturated rings. The zero-order valence-electron chi connectivity index (χ0n) is 9.64. The van der Waals surface area contributed by atoms with Crippen molar-refractivity contribution in [2.45, 2.75) is 6.92 Å². The Morgan fingerprint density at radius 1 is 1.28 bits per heavy atom. The lowest BCUT2D eigenvalue weighted by molar-refractivity contribution is 1.10. The number of thiophene rings is 1. The number of H-pyrrole nitrogens is 1. The van der Waals surface area contributed by atoms with Crippen molar-refractivity contribution in [1.29, 1.82) is 0 Å². The third kappa shape index (κ3) is 2.05. The van der Waals surface area contributed by atoms with E-state index in [9.17, 15) is 0 Å². The predicted octanol–water partition coefficient (Wildman–Crippen LogP) is 4.16. The molecular formula is C13H10ClN3S. The molecule has 1 N–H and O–H groups in total. The van der Waals surface area contributed by atoms with Crippen LogP contribution in [0.4, 0.5) is 0 Å². The lowest BCUT2D eigenvalue weighted by Gasteiger charge is -1.96. The number of nitrogens with one attached hydrogen (secondary N) is 1. The minimum Gasteiger partial charge on any atom is -0.258 e. The summed E-state index contributed by atoms with van der Waals surface area (Å²) >= 11 is 7.63. The average Bonchev–Trinajstić information content (AvgIpc) is 2.97. The fourth-order valence-electron chi connectivity index (χ4n) is 1.74. The standard InChI is InChI=1S/C13H10ClN3S/c1-8-3-2-4-9(7-8)12-15-13(17-16-12)11-10(14)5-6-18-11/h2-7H,1H3,(H,15,16,17). The molecular weight excluding hydrogens is 266 g/mol. The van der Waals surface area contributed by atoms with Crippen LogP contribution in [0.2, 0.25) is 5.02 Å². The second-order valence-electron chi connectivity index (χ2n) is 3.97. The van der Waals surface area contributed by atoms with E-state index in [0.29, 0.717) is 16.7 Å². The summed E-state index contributed by atoms with van der Waals surface area (Å²) in [6.45, 7) is 2.05. The topological polar surface area (TPSA) is 41.6 Å². The van der Waals surface area contributed by atoms with Gasteiger partial charge in [-0.05, 0) is 24.4 Å². The van der Waals surface area contributed by atoms with Crippen LogP contribution in [-0.2, 0) is 0 Å². The summed E-state index contributed by atoms with van der Waals surface area (Å²) < 4.78 is 0. The van der Waals surface area contributed by atoms with Gasteiger partial charge in [-0.2, -0.15) is 5.10 Å². The number of aryl methyl sites for hydroxylation is 1. The maximum Gasteiger partial charge on any atom is 0.181 e. The van der Waals surface area contributed by atoms with Crippen LogP contribution in [0, 0.1) is 6.92 Å². The third-order valence-corrected chi connectivity index (χ3v) is 3.94. The van der Waals surface area contributed by atoms with Crippen LogP contribution in [0.3, 0.4) is 0 Å². The second kappa shape index (κ2) is 4.55. The Morgan fingerprint density at radius 2 is 2.17 bits per heavy atom. The number of nitrogens with zero attached hydrogens (tertiary/aromatic N) is 2. The molecule has 3 rings (SSSR count). The molecule has 18 heavy (non-hydrogen) atoms. The molecule has 5 heteroatoms. The molecule has 3 aromatic rings. The fourth-order valence-corrected chi connectivity index (χ4v) is 2.82. The van der Waals surface area contributed by atoms with Gasteiger partial charge >= 0.3 is 0 Å². The van der Waals surface area contributed by atoms with E-state index in [1.165, 1.54) is 5.56 Å². The Morgan fingerprint density at radius 3 is 2.89 bits per heavy atom. The number of rotatable bonds is 2. The number of benzene rings is 1. The Kier molecular flexibility index (Phi) is 2.89. The molecule has 3 nitrogen and oxygen atoms in total. The maximum atomic E-state index is 6.08. The molecule has 0 amide bonds. The number of aromatic amines is 1. The number of hydrogen-bond donors (Lipinski definition) is 1. The van der Waals surface area contributed by atoms with E-state index >= 15 is 0 Å². The highest BCUT2D eigenvalue weighted by atomic mass is 35.5. The lowest BCUT2D eigenvalue weighted by Crippen LogP contribution is -1.81. The largest absolute Gasteiger partial charge is 0.258 e. The third-order valence-electron chi connectivity index (χ3n) is 2.59. The van der Waals surface area contributed by atoms with E-state index in [2.05, 4.69) is 21.2 Å². The van der Waals surface area contributed by atoms with Gasteiger partial charge in [-0.1, -0.05) is 35.4 Å². The Balaban J connectivity index is 2.02. The van der Waals surface area contributed by atoms with Crippen molar-refractivity contribution < 1.29 is 0 Å². The van der Waals surface area contributed by atoms with Crippen molar-refractivity contribution in [2.75, 3.05) is 0 Å². The van der Waals surface area contributed by atoms with E-state index in [4.69, 9.17) is 11.6 Å². The van der Waals surface area contributed by atoms with Crippen LogP contribution in [-0.4, -0.2) is 15.2 Å². The number of halogens is 1. The zero-order valence-corrected chi connectivity index (χ0v) is 11.2. The Labute approximate surface area is 113 Å². The smallest absolute Gasteiger partial charge is 0.181 e. The summed E-state index contributed by atoms with van der Waals surface area (Å²) in [6.07, 6.45) is 0. The average molecular weight is 276 g/mol. The summed E-state index contributed by atoms with van der Waals surface area (Å²) in [5.41, 5.74) is 2.19. The highest BCUT2D eigenvalue weighted by molar-refractivity contribution is 7.14. The van der Waals surface area contributed by atoms with Crippen LogP contribution < -0.4 is 0 Å².